The quantitative estimate of drug-likeness (QED) is 0.541. The molecule has 24 heavy (non-hydrogen) atoms. The van der Waals surface area contributed by atoms with E-state index >= 15 is 0 Å². The fourth-order valence-electron chi connectivity index (χ4n) is 2.42. The smallest absolute Gasteiger partial charge is 0.277 e. The summed E-state index contributed by atoms with van der Waals surface area (Å²) in [5.41, 5.74) is 2.04. The minimum absolute atomic E-state index is 0.207. The van der Waals surface area contributed by atoms with E-state index in [4.69, 9.17) is 4.42 Å². The molecule has 0 fully saturated rings. The molecule has 0 spiro atoms. The van der Waals surface area contributed by atoms with Crippen molar-refractivity contribution in [2.45, 2.75) is 11.0 Å². The lowest BCUT2D eigenvalue weighted by Crippen LogP contribution is -1.91. The zero-order chi connectivity index (χ0) is 16.5. The molecule has 0 bridgehead atoms. The number of nitrogens with one attached hydrogen (secondary N) is 1. The monoisotopic (exact) mass is 343 g/mol. The molecule has 120 valence electrons. The molecule has 0 aliphatic rings. The topological polar surface area (TPSA) is 54.7 Å². The van der Waals surface area contributed by atoms with Crippen LogP contribution in [0.15, 0.2) is 58.3 Å². The number of nitrogens with zero attached hydrogens (tertiary/aromatic N) is 2. The van der Waals surface area contributed by atoms with E-state index in [9.17, 15) is 8.78 Å². The maximum absolute atomic E-state index is 13.6. The zero-order valence-corrected chi connectivity index (χ0v) is 13.1. The van der Waals surface area contributed by atoms with Crippen molar-refractivity contribution < 1.29 is 13.2 Å². The van der Waals surface area contributed by atoms with Gasteiger partial charge in [0, 0.05) is 28.4 Å². The molecule has 4 aromatic rings. The van der Waals surface area contributed by atoms with Gasteiger partial charge < -0.3 is 9.40 Å². The fraction of sp³-hybridized carbons (Fsp3) is 0.0588. The molecule has 0 radical (unpaired) electrons. The van der Waals surface area contributed by atoms with Gasteiger partial charge in [0.25, 0.3) is 11.1 Å². The second-order valence-electron chi connectivity index (χ2n) is 5.12. The van der Waals surface area contributed by atoms with Gasteiger partial charge in [-0.3, -0.25) is 0 Å². The van der Waals surface area contributed by atoms with Gasteiger partial charge in [-0.1, -0.05) is 42.1 Å². The Balaban J connectivity index is 1.56. The van der Waals surface area contributed by atoms with Gasteiger partial charge in [0.05, 0.1) is 5.56 Å². The molecule has 0 aliphatic carbocycles. The zero-order valence-electron chi connectivity index (χ0n) is 12.3. The van der Waals surface area contributed by atoms with Gasteiger partial charge in [-0.15, -0.1) is 10.2 Å². The molecule has 7 heteroatoms. The predicted molar refractivity (Wildman–Crippen MR) is 87.5 cm³/mol. The molecule has 0 amide bonds. The number of rotatable bonds is 4. The van der Waals surface area contributed by atoms with Crippen LogP contribution in [0.4, 0.5) is 8.78 Å². The highest BCUT2D eigenvalue weighted by molar-refractivity contribution is 7.98. The highest BCUT2D eigenvalue weighted by Crippen LogP contribution is 2.30. The largest absolute Gasteiger partial charge is 0.411 e. The lowest BCUT2D eigenvalue weighted by atomic mass is 10.2. The van der Waals surface area contributed by atoms with Crippen LogP contribution in [0.1, 0.15) is 5.56 Å². The molecular formula is C17H11F2N3OS. The Morgan fingerprint density at radius 3 is 2.83 bits per heavy atom. The third kappa shape index (κ3) is 2.67. The second-order valence-corrected chi connectivity index (χ2v) is 6.05. The molecule has 0 saturated carbocycles. The summed E-state index contributed by atoms with van der Waals surface area (Å²) < 4.78 is 32.5. The van der Waals surface area contributed by atoms with Crippen molar-refractivity contribution in [1.29, 1.82) is 0 Å². The number of benzene rings is 2. The number of fused-ring (bicyclic) bond motifs is 1. The first-order valence-corrected chi connectivity index (χ1v) is 8.16. The van der Waals surface area contributed by atoms with Crippen molar-refractivity contribution in [2.75, 3.05) is 0 Å². The average molecular weight is 343 g/mol. The fourth-order valence-corrected chi connectivity index (χ4v) is 3.16. The number of hydrogen-bond acceptors (Lipinski definition) is 4. The van der Waals surface area contributed by atoms with Gasteiger partial charge in [-0.2, -0.15) is 0 Å². The van der Waals surface area contributed by atoms with Crippen LogP contribution in [0.2, 0.25) is 0 Å². The first-order valence-electron chi connectivity index (χ1n) is 7.18. The van der Waals surface area contributed by atoms with Crippen LogP contribution < -0.4 is 0 Å². The van der Waals surface area contributed by atoms with Crippen LogP contribution in [0, 0.1) is 11.6 Å². The Labute approximate surface area is 139 Å². The number of aromatic amines is 1. The maximum atomic E-state index is 13.6. The summed E-state index contributed by atoms with van der Waals surface area (Å²) in [6.45, 7) is 0. The summed E-state index contributed by atoms with van der Waals surface area (Å²) in [6, 6.07) is 11.9. The summed E-state index contributed by atoms with van der Waals surface area (Å²) in [6.07, 6.45) is 1.80. The van der Waals surface area contributed by atoms with Gasteiger partial charge in [0.2, 0.25) is 0 Å². The number of aromatic nitrogens is 3. The van der Waals surface area contributed by atoms with E-state index in [0.717, 1.165) is 34.3 Å². The average Bonchev–Trinajstić information content (AvgIpc) is 3.22. The van der Waals surface area contributed by atoms with Gasteiger partial charge in [-0.05, 0) is 12.1 Å². The van der Waals surface area contributed by atoms with Crippen LogP contribution in [0.25, 0.3) is 22.4 Å². The second kappa shape index (κ2) is 6.09. The molecule has 0 aliphatic heterocycles. The van der Waals surface area contributed by atoms with Crippen molar-refractivity contribution in [3.05, 3.63) is 65.9 Å². The number of hydrogen-bond donors (Lipinski definition) is 1. The van der Waals surface area contributed by atoms with Crippen molar-refractivity contribution in [1.82, 2.24) is 15.2 Å². The molecule has 4 rings (SSSR count). The minimum Gasteiger partial charge on any atom is -0.411 e. The Kier molecular flexibility index (Phi) is 3.78. The van der Waals surface area contributed by atoms with Crippen molar-refractivity contribution >= 4 is 22.7 Å². The van der Waals surface area contributed by atoms with Crippen LogP contribution in [0.3, 0.4) is 0 Å². The van der Waals surface area contributed by atoms with E-state index in [2.05, 4.69) is 15.2 Å². The summed E-state index contributed by atoms with van der Waals surface area (Å²) in [7, 11) is 0. The Morgan fingerprint density at radius 2 is 1.92 bits per heavy atom. The molecule has 0 saturated heterocycles. The normalized spacial score (nSPS) is 11.2. The summed E-state index contributed by atoms with van der Waals surface area (Å²) >= 11 is 1.16. The SMILES string of the molecule is Fc1cccc(CSc2nnc(-c3c[nH]c4ccccc34)o2)c1F. The first kappa shape index (κ1) is 14.9. The first-order chi connectivity index (χ1) is 11.7. The molecule has 2 aromatic heterocycles. The standard InChI is InChI=1S/C17H11F2N3OS/c18-13-6-3-4-10(15(13)19)9-24-17-22-21-16(23-17)12-8-20-14-7-2-1-5-11(12)14/h1-8,20H,9H2. The van der Waals surface area contributed by atoms with E-state index in [1.165, 1.54) is 12.1 Å². The van der Waals surface area contributed by atoms with Gasteiger partial charge in [-0.25, -0.2) is 8.78 Å². The van der Waals surface area contributed by atoms with E-state index in [1.54, 1.807) is 6.20 Å². The maximum Gasteiger partial charge on any atom is 0.277 e. The highest BCUT2D eigenvalue weighted by atomic mass is 32.2. The van der Waals surface area contributed by atoms with Gasteiger partial charge >= 0.3 is 0 Å². The van der Waals surface area contributed by atoms with Crippen LogP contribution in [0.5, 0.6) is 0 Å². The van der Waals surface area contributed by atoms with Gasteiger partial charge in [0.1, 0.15) is 0 Å². The third-order valence-corrected chi connectivity index (χ3v) is 4.48. The number of para-hydroxylation sites is 1. The number of H-pyrrole nitrogens is 1. The molecule has 4 nitrogen and oxygen atoms in total. The highest BCUT2D eigenvalue weighted by Gasteiger charge is 2.14. The molecule has 1 N–H and O–H groups in total. The van der Waals surface area contributed by atoms with Crippen LogP contribution in [-0.2, 0) is 5.75 Å². The van der Waals surface area contributed by atoms with Crippen LogP contribution in [-0.4, -0.2) is 15.2 Å². The summed E-state index contributed by atoms with van der Waals surface area (Å²) in [5, 5.41) is 9.28. The van der Waals surface area contributed by atoms with E-state index in [-0.39, 0.29) is 11.3 Å². The Hall–Kier alpha value is -2.67. The number of halogens is 2. The van der Waals surface area contributed by atoms with Crippen LogP contribution >= 0.6 is 11.8 Å². The summed E-state index contributed by atoms with van der Waals surface area (Å²) in [4.78, 5) is 3.14. The van der Waals surface area contributed by atoms with Crippen molar-refractivity contribution in [3.63, 3.8) is 0 Å². The van der Waals surface area contributed by atoms with E-state index in [1.807, 2.05) is 24.3 Å². The molecular weight excluding hydrogens is 332 g/mol. The molecule has 0 atom stereocenters. The number of thioether (sulfide) groups is 1. The molecule has 2 aromatic carbocycles. The minimum atomic E-state index is -0.863. The Bertz CT molecular complexity index is 1010. The van der Waals surface area contributed by atoms with Crippen molar-refractivity contribution in [3.8, 4) is 11.5 Å². The molecule has 0 unspecified atom stereocenters. The van der Waals surface area contributed by atoms with Crippen molar-refractivity contribution in [2.24, 2.45) is 0 Å². The lowest BCUT2D eigenvalue weighted by molar-refractivity contribution is 0.466. The summed E-state index contributed by atoms with van der Waals surface area (Å²) in [5.74, 6) is -1.12. The lowest BCUT2D eigenvalue weighted by Gasteiger charge is -2.01. The van der Waals surface area contributed by atoms with Gasteiger partial charge in [0.15, 0.2) is 11.6 Å². The predicted octanol–water partition coefficient (Wildman–Crippen LogP) is 4.79. The van der Waals surface area contributed by atoms with E-state index in [0.29, 0.717) is 11.1 Å². The Morgan fingerprint density at radius 1 is 1.04 bits per heavy atom. The van der Waals surface area contributed by atoms with E-state index < -0.39 is 11.6 Å². The molecule has 2 heterocycles. The third-order valence-electron chi connectivity index (χ3n) is 3.61.